The minimum Gasteiger partial charge on any atom is -0.404 e. The van der Waals surface area contributed by atoms with E-state index >= 15 is 0 Å². The molecule has 0 N–H and O–H groups in total. The van der Waals surface area contributed by atoms with Crippen molar-refractivity contribution in [1.29, 1.82) is 0 Å². The minimum atomic E-state index is -2.58. The van der Waals surface area contributed by atoms with Crippen molar-refractivity contribution in [3.05, 3.63) is 73.3 Å². The maximum absolute atomic E-state index is 12.1. The molecule has 2 fully saturated rings. The molecule has 28 heavy (non-hydrogen) atoms. The van der Waals surface area contributed by atoms with Crippen molar-refractivity contribution < 1.29 is 9.22 Å². The van der Waals surface area contributed by atoms with Crippen molar-refractivity contribution in [2.24, 2.45) is 17.8 Å². The van der Waals surface area contributed by atoms with Crippen LogP contribution < -0.4 is 10.4 Å². The molecule has 0 heterocycles. The fourth-order valence-corrected chi connectivity index (χ4v) is 10.1. The van der Waals surface area contributed by atoms with Gasteiger partial charge in [-0.15, -0.1) is 6.58 Å². The van der Waals surface area contributed by atoms with Crippen LogP contribution in [0.1, 0.15) is 33.6 Å². The van der Waals surface area contributed by atoms with Gasteiger partial charge in [0, 0.05) is 18.3 Å². The molecule has 2 aromatic rings. The number of carbonyl (C=O) groups excluding carboxylic acids is 1. The largest absolute Gasteiger partial charge is 0.404 e. The van der Waals surface area contributed by atoms with E-state index in [-0.39, 0.29) is 23.0 Å². The van der Waals surface area contributed by atoms with Crippen LogP contribution >= 0.6 is 0 Å². The molecule has 0 unspecified atom stereocenters. The fourth-order valence-electron chi connectivity index (χ4n) is 5.37. The van der Waals surface area contributed by atoms with Crippen molar-refractivity contribution in [3.8, 4) is 0 Å². The van der Waals surface area contributed by atoms with Crippen LogP contribution in [-0.4, -0.2) is 20.2 Å². The van der Waals surface area contributed by atoms with E-state index in [1.807, 2.05) is 6.08 Å². The number of carbonyl (C=O) groups is 1. The van der Waals surface area contributed by atoms with E-state index in [1.54, 1.807) is 0 Å². The summed E-state index contributed by atoms with van der Waals surface area (Å²) in [7, 11) is -2.58. The summed E-state index contributed by atoms with van der Waals surface area (Å²) in [4.78, 5) is 12.1. The zero-order chi connectivity index (χ0) is 19.9. The maximum Gasteiger partial charge on any atom is 0.261 e. The Kier molecular flexibility index (Phi) is 4.92. The number of rotatable bonds is 5. The Morgan fingerprint density at radius 2 is 1.54 bits per heavy atom. The number of ketones is 1. The van der Waals surface area contributed by atoms with E-state index < -0.39 is 8.32 Å². The lowest BCUT2D eigenvalue weighted by molar-refractivity contribution is -0.133. The second-order valence-corrected chi connectivity index (χ2v) is 13.6. The quantitative estimate of drug-likeness (QED) is 0.561. The predicted molar refractivity (Wildman–Crippen MR) is 117 cm³/mol. The van der Waals surface area contributed by atoms with Crippen LogP contribution in [0.5, 0.6) is 0 Å². The number of hydrogen-bond donors (Lipinski definition) is 0. The van der Waals surface area contributed by atoms with E-state index in [2.05, 4.69) is 88.0 Å². The molecule has 0 spiro atoms. The average Bonchev–Trinajstić information content (AvgIpc) is 2.97. The van der Waals surface area contributed by atoms with Gasteiger partial charge >= 0.3 is 0 Å². The van der Waals surface area contributed by atoms with Gasteiger partial charge in [-0.05, 0) is 27.8 Å². The summed E-state index contributed by atoms with van der Waals surface area (Å²) in [5.41, 5.74) is 0. The van der Waals surface area contributed by atoms with Crippen LogP contribution in [0.25, 0.3) is 0 Å². The molecule has 2 aromatic carbocycles. The monoisotopic (exact) mass is 390 g/mol. The van der Waals surface area contributed by atoms with Crippen molar-refractivity contribution in [2.45, 2.75) is 44.8 Å². The standard InChI is InChI=1S/C25H30O2Si/c1-5-20-21-16-23(26)22(21)17-24(20)27-28(25(2,3)4,18-12-8-6-9-13-18)19-14-10-7-11-15-19/h5-15,20-22,24H,1,16-17H2,2-4H3/t20-,21+,22-,24+/m0/s1. The van der Waals surface area contributed by atoms with Gasteiger partial charge in [-0.1, -0.05) is 87.5 Å². The lowest BCUT2D eigenvalue weighted by Gasteiger charge is -2.45. The summed E-state index contributed by atoms with van der Waals surface area (Å²) in [6.07, 6.45) is 3.64. The third-order valence-corrected chi connectivity index (χ3v) is 11.9. The fraction of sp³-hybridized carbons (Fsp3) is 0.400. The Morgan fingerprint density at radius 3 is 1.96 bits per heavy atom. The van der Waals surface area contributed by atoms with Gasteiger partial charge in [0.2, 0.25) is 0 Å². The summed E-state index contributed by atoms with van der Waals surface area (Å²) >= 11 is 0. The molecule has 4 atom stereocenters. The first-order valence-electron chi connectivity index (χ1n) is 10.3. The van der Waals surface area contributed by atoms with E-state index in [0.29, 0.717) is 18.1 Å². The molecule has 0 bridgehead atoms. The molecule has 146 valence electrons. The van der Waals surface area contributed by atoms with Crippen molar-refractivity contribution in [2.75, 3.05) is 0 Å². The van der Waals surface area contributed by atoms with E-state index in [1.165, 1.54) is 10.4 Å². The molecule has 2 aliphatic rings. The van der Waals surface area contributed by atoms with Crippen molar-refractivity contribution in [1.82, 2.24) is 0 Å². The SMILES string of the molecule is C=C[C@H]1[C@H]2CC(=O)[C@H]2C[C@H]1O[Si](c1ccccc1)(c1ccccc1)C(C)(C)C. The number of hydrogen-bond acceptors (Lipinski definition) is 2. The average molecular weight is 391 g/mol. The summed E-state index contributed by atoms with van der Waals surface area (Å²) in [5, 5.41) is 2.54. The summed E-state index contributed by atoms with van der Waals surface area (Å²) < 4.78 is 7.28. The Morgan fingerprint density at radius 1 is 1.00 bits per heavy atom. The van der Waals surface area contributed by atoms with Gasteiger partial charge in [-0.2, -0.15) is 0 Å². The first-order valence-corrected chi connectivity index (χ1v) is 12.2. The van der Waals surface area contributed by atoms with Crippen molar-refractivity contribution in [3.63, 3.8) is 0 Å². The lowest BCUT2D eigenvalue weighted by Crippen LogP contribution is -2.68. The number of Topliss-reactive ketones (excluding diaryl/α,β-unsaturated/α-hetero) is 1. The van der Waals surface area contributed by atoms with Crippen LogP contribution in [0.3, 0.4) is 0 Å². The van der Waals surface area contributed by atoms with Gasteiger partial charge in [-0.3, -0.25) is 4.79 Å². The molecule has 0 amide bonds. The third-order valence-electron chi connectivity index (χ3n) is 6.79. The third kappa shape index (κ3) is 2.92. The summed E-state index contributed by atoms with van der Waals surface area (Å²) in [6, 6.07) is 21.5. The van der Waals surface area contributed by atoms with Crippen molar-refractivity contribution >= 4 is 24.5 Å². The first kappa shape index (κ1) is 19.3. The number of fused-ring (bicyclic) bond motifs is 1. The molecule has 2 saturated carbocycles. The topological polar surface area (TPSA) is 26.3 Å². The Bertz CT molecular complexity index is 814. The van der Waals surface area contributed by atoms with Gasteiger partial charge in [-0.25, -0.2) is 0 Å². The molecular weight excluding hydrogens is 360 g/mol. The van der Waals surface area contributed by atoms with Gasteiger partial charge in [0.05, 0.1) is 6.10 Å². The highest BCUT2D eigenvalue weighted by molar-refractivity contribution is 6.99. The van der Waals surface area contributed by atoms with Crippen LogP contribution in [0.15, 0.2) is 73.3 Å². The molecule has 3 heteroatoms. The van der Waals surface area contributed by atoms with Gasteiger partial charge in [0.1, 0.15) is 5.78 Å². The Labute approximate surface area is 169 Å². The predicted octanol–water partition coefficient (Wildman–Crippen LogP) is 4.34. The first-order chi connectivity index (χ1) is 13.4. The molecule has 0 radical (unpaired) electrons. The van der Waals surface area contributed by atoms with Crippen LogP contribution in [-0.2, 0) is 9.22 Å². The molecule has 4 rings (SSSR count). The highest BCUT2D eigenvalue weighted by Crippen LogP contribution is 2.51. The summed E-state index contributed by atoms with van der Waals surface area (Å²) in [5.74, 6) is 1.27. The van der Waals surface area contributed by atoms with Gasteiger partial charge < -0.3 is 4.43 Å². The molecule has 0 aromatic heterocycles. The molecule has 0 aliphatic heterocycles. The van der Waals surface area contributed by atoms with Gasteiger partial charge in [0.25, 0.3) is 8.32 Å². The molecule has 2 aliphatic carbocycles. The lowest BCUT2D eigenvalue weighted by atomic mass is 9.71. The van der Waals surface area contributed by atoms with Crippen LogP contribution in [0.2, 0.25) is 5.04 Å². The van der Waals surface area contributed by atoms with E-state index in [9.17, 15) is 4.79 Å². The summed E-state index contributed by atoms with van der Waals surface area (Å²) in [6.45, 7) is 11.0. The smallest absolute Gasteiger partial charge is 0.261 e. The minimum absolute atomic E-state index is 0.0485. The molecular formula is C25H30O2Si. The van der Waals surface area contributed by atoms with Crippen LogP contribution in [0, 0.1) is 17.8 Å². The van der Waals surface area contributed by atoms with Crippen LogP contribution in [0.4, 0.5) is 0 Å². The molecule has 2 nitrogen and oxygen atoms in total. The van der Waals surface area contributed by atoms with Gasteiger partial charge in [0.15, 0.2) is 0 Å². The highest BCUT2D eigenvalue weighted by atomic mass is 28.4. The maximum atomic E-state index is 12.1. The van der Waals surface area contributed by atoms with E-state index in [4.69, 9.17) is 4.43 Å². The Hall–Kier alpha value is -1.97. The zero-order valence-electron chi connectivity index (χ0n) is 17.1. The molecule has 0 saturated heterocycles. The number of benzene rings is 2. The highest BCUT2D eigenvalue weighted by Gasteiger charge is 2.57. The Balaban J connectivity index is 1.84. The second kappa shape index (κ2) is 7.13. The second-order valence-electron chi connectivity index (χ2n) is 9.31. The zero-order valence-corrected chi connectivity index (χ0v) is 18.1. The van der Waals surface area contributed by atoms with E-state index in [0.717, 1.165) is 6.42 Å². The normalized spacial score (nSPS) is 27.2.